The quantitative estimate of drug-likeness (QED) is 0.815. The number of rotatable bonds is 5. The minimum absolute atomic E-state index is 0.151. The predicted octanol–water partition coefficient (Wildman–Crippen LogP) is 2.96. The van der Waals surface area contributed by atoms with Crippen LogP contribution in [-0.2, 0) is 9.53 Å². The first-order valence-electron chi connectivity index (χ1n) is 8.82. The third kappa shape index (κ3) is 5.16. The summed E-state index contributed by atoms with van der Waals surface area (Å²) in [5.74, 6) is 0.151. The van der Waals surface area contributed by atoms with Crippen LogP contribution in [0.3, 0.4) is 0 Å². The summed E-state index contributed by atoms with van der Waals surface area (Å²) in [6, 6.07) is 6.56. The van der Waals surface area contributed by atoms with Gasteiger partial charge in [0.05, 0.1) is 6.61 Å². The van der Waals surface area contributed by atoms with Gasteiger partial charge in [-0.2, -0.15) is 0 Å². The van der Waals surface area contributed by atoms with Crippen molar-refractivity contribution < 1.29 is 9.53 Å². The predicted molar refractivity (Wildman–Crippen MR) is 106 cm³/mol. The minimum Gasteiger partial charge on any atom is -0.383 e. The number of aryl methyl sites for hydroxylation is 2. The van der Waals surface area contributed by atoms with E-state index in [1.165, 1.54) is 11.1 Å². The van der Waals surface area contributed by atoms with Crippen molar-refractivity contribution >= 4 is 28.9 Å². The summed E-state index contributed by atoms with van der Waals surface area (Å²) in [4.78, 5) is 15.7. The van der Waals surface area contributed by atoms with Crippen molar-refractivity contribution in [2.45, 2.75) is 39.7 Å². The molecule has 1 aromatic rings. The summed E-state index contributed by atoms with van der Waals surface area (Å²) in [6.07, 6.45) is 1.86. The van der Waals surface area contributed by atoms with E-state index in [4.69, 9.17) is 17.0 Å². The van der Waals surface area contributed by atoms with E-state index in [1.54, 1.807) is 14.0 Å². The van der Waals surface area contributed by atoms with Crippen molar-refractivity contribution in [3.63, 3.8) is 0 Å². The first kappa shape index (κ1) is 19.7. The fourth-order valence-electron chi connectivity index (χ4n) is 3.32. The van der Waals surface area contributed by atoms with E-state index >= 15 is 0 Å². The van der Waals surface area contributed by atoms with Crippen molar-refractivity contribution in [2.75, 3.05) is 38.7 Å². The smallest absolute Gasteiger partial charge is 0.219 e. The highest BCUT2D eigenvalue weighted by atomic mass is 32.1. The second-order valence-corrected chi connectivity index (χ2v) is 7.01. The number of hydrogen-bond donors (Lipinski definition) is 1. The van der Waals surface area contributed by atoms with Crippen molar-refractivity contribution in [1.82, 2.24) is 9.80 Å². The molecule has 25 heavy (non-hydrogen) atoms. The molecule has 0 radical (unpaired) electrons. The number of carbonyl (C=O) groups excluding carboxylic acids is 1. The summed E-state index contributed by atoms with van der Waals surface area (Å²) >= 11 is 5.73. The van der Waals surface area contributed by atoms with Gasteiger partial charge in [-0.05, 0) is 50.0 Å². The number of amides is 1. The highest BCUT2D eigenvalue weighted by molar-refractivity contribution is 7.80. The SMILES string of the molecule is COCCN(C(=S)Nc1c(C)cccc1C)C1CCN(C(C)=O)CC1. The molecule has 0 unspecified atom stereocenters. The molecule has 5 nitrogen and oxygen atoms in total. The van der Waals surface area contributed by atoms with Gasteiger partial charge in [-0.15, -0.1) is 0 Å². The molecule has 1 aromatic carbocycles. The number of hydrogen-bond acceptors (Lipinski definition) is 3. The third-order valence-corrected chi connectivity index (χ3v) is 5.20. The van der Waals surface area contributed by atoms with Crippen LogP contribution < -0.4 is 5.32 Å². The summed E-state index contributed by atoms with van der Waals surface area (Å²) in [6.45, 7) is 8.76. The molecule has 0 bridgehead atoms. The van der Waals surface area contributed by atoms with Gasteiger partial charge < -0.3 is 19.9 Å². The van der Waals surface area contributed by atoms with Gasteiger partial charge in [0.15, 0.2) is 5.11 Å². The zero-order valence-corrected chi connectivity index (χ0v) is 16.5. The molecule has 1 saturated heterocycles. The molecule has 2 rings (SSSR count). The molecule has 1 N–H and O–H groups in total. The Labute approximate surface area is 156 Å². The summed E-state index contributed by atoms with van der Waals surface area (Å²) in [5, 5.41) is 4.17. The van der Waals surface area contributed by atoms with Gasteiger partial charge in [-0.25, -0.2) is 0 Å². The van der Waals surface area contributed by atoms with Crippen LogP contribution in [0.4, 0.5) is 5.69 Å². The number of piperidine rings is 1. The Kier molecular flexibility index (Phi) is 7.20. The standard InChI is InChI=1S/C19H29N3O2S/c1-14-6-5-7-15(2)18(14)20-19(25)22(12-13-24-4)17-8-10-21(11-9-17)16(3)23/h5-7,17H,8-13H2,1-4H3,(H,20,25). The molecule has 1 aliphatic heterocycles. The second kappa shape index (κ2) is 9.15. The minimum atomic E-state index is 0.151. The lowest BCUT2D eigenvalue weighted by atomic mass is 10.0. The summed E-state index contributed by atoms with van der Waals surface area (Å²) in [5.41, 5.74) is 3.44. The lowest BCUT2D eigenvalue weighted by Crippen LogP contribution is -2.50. The maximum atomic E-state index is 11.6. The number of methoxy groups -OCH3 is 1. The summed E-state index contributed by atoms with van der Waals surface area (Å²) < 4.78 is 5.28. The Morgan fingerprint density at radius 2 is 1.92 bits per heavy atom. The second-order valence-electron chi connectivity index (χ2n) is 6.62. The molecule has 6 heteroatoms. The van der Waals surface area contributed by atoms with Crippen LogP contribution in [0.25, 0.3) is 0 Å². The molecule has 138 valence electrons. The van der Waals surface area contributed by atoms with E-state index in [9.17, 15) is 4.79 Å². The number of para-hydroxylation sites is 1. The molecule has 1 amide bonds. The molecule has 0 saturated carbocycles. The van der Waals surface area contributed by atoms with E-state index < -0.39 is 0 Å². The van der Waals surface area contributed by atoms with Crippen molar-refractivity contribution in [3.8, 4) is 0 Å². The van der Waals surface area contributed by atoms with Crippen LogP contribution in [0.2, 0.25) is 0 Å². The first-order valence-corrected chi connectivity index (χ1v) is 9.23. The molecular formula is C19H29N3O2S. The van der Waals surface area contributed by atoms with Gasteiger partial charge in [0.2, 0.25) is 5.91 Å². The van der Waals surface area contributed by atoms with E-state index in [1.807, 2.05) is 4.90 Å². The van der Waals surface area contributed by atoms with Crippen LogP contribution in [0.5, 0.6) is 0 Å². The Morgan fingerprint density at radius 3 is 2.44 bits per heavy atom. The van der Waals surface area contributed by atoms with Gasteiger partial charge in [-0.1, -0.05) is 18.2 Å². The van der Waals surface area contributed by atoms with E-state index in [0.717, 1.165) is 43.3 Å². The number of thiocarbonyl (C=S) groups is 1. The number of nitrogens with one attached hydrogen (secondary N) is 1. The lowest BCUT2D eigenvalue weighted by molar-refractivity contribution is -0.130. The molecule has 1 heterocycles. The van der Waals surface area contributed by atoms with Crippen LogP contribution in [0.15, 0.2) is 18.2 Å². The molecule has 0 aromatic heterocycles. The fraction of sp³-hybridized carbons (Fsp3) is 0.579. The van der Waals surface area contributed by atoms with E-state index in [-0.39, 0.29) is 5.91 Å². The number of likely N-dealkylation sites (tertiary alicyclic amines) is 1. The van der Waals surface area contributed by atoms with Gasteiger partial charge in [0.25, 0.3) is 0 Å². The molecule has 0 aliphatic carbocycles. The van der Waals surface area contributed by atoms with Crippen molar-refractivity contribution in [3.05, 3.63) is 29.3 Å². The molecule has 1 aliphatic rings. The molecule has 0 spiro atoms. The number of carbonyl (C=O) groups is 1. The first-order chi connectivity index (χ1) is 11.9. The molecule has 0 atom stereocenters. The van der Waals surface area contributed by atoms with Crippen LogP contribution in [0, 0.1) is 13.8 Å². The Morgan fingerprint density at radius 1 is 1.32 bits per heavy atom. The molecular weight excluding hydrogens is 334 g/mol. The monoisotopic (exact) mass is 363 g/mol. The fourth-order valence-corrected chi connectivity index (χ4v) is 3.66. The summed E-state index contributed by atoms with van der Waals surface area (Å²) in [7, 11) is 1.71. The van der Waals surface area contributed by atoms with Crippen LogP contribution >= 0.6 is 12.2 Å². The number of benzene rings is 1. The third-order valence-electron chi connectivity index (χ3n) is 4.86. The Hall–Kier alpha value is -1.66. The van der Waals surface area contributed by atoms with E-state index in [0.29, 0.717) is 12.6 Å². The highest BCUT2D eigenvalue weighted by Gasteiger charge is 2.27. The van der Waals surface area contributed by atoms with Gasteiger partial charge in [0, 0.05) is 45.4 Å². The maximum Gasteiger partial charge on any atom is 0.219 e. The number of nitrogens with zero attached hydrogens (tertiary/aromatic N) is 2. The Bertz CT molecular complexity index is 592. The van der Waals surface area contributed by atoms with Gasteiger partial charge >= 0.3 is 0 Å². The average molecular weight is 364 g/mol. The van der Waals surface area contributed by atoms with Gasteiger partial charge in [0.1, 0.15) is 0 Å². The topological polar surface area (TPSA) is 44.8 Å². The van der Waals surface area contributed by atoms with Crippen molar-refractivity contribution in [1.29, 1.82) is 0 Å². The maximum absolute atomic E-state index is 11.6. The Balaban J connectivity index is 2.08. The van der Waals surface area contributed by atoms with Gasteiger partial charge in [-0.3, -0.25) is 4.79 Å². The average Bonchev–Trinajstić information content (AvgIpc) is 2.59. The zero-order chi connectivity index (χ0) is 18.4. The number of ether oxygens (including phenoxy) is 1. The normalized spacial score (nSPS) is 15.1. The highest BCUT2D eigenvalue weighted by Crippen LogP contribution is 2.22. The van der Waals surface area contributed by atoms with Crippen LogP contribution in [0.1, 0.15) is 30.9 Å². The van der Waals surface area contributed by atoms with Crippen molar-refractivity contribution in [2.24, 2.45) is 0 Å². The van der Waals surface area contributed by atoms with Crippen LogP contribution in [-0.4, -0.2) is 60.2 Å². The lowest BCUT2D eigenvalue weighted by Gasteiger charge is -2.39. The zero-order valence-electron chi connectivity index (χ0n) is 15.7. The van der Waals surface area contributed by atoms with E-state index in [2.05, 4.69) is 42.3 Å². The molecule has 1 fully saturated rings. The largest absolute Gasteiger partial charge is 0.383 e. The number of anilines is 1.